The molecule has 0 radical (unpaired) electrons. The molecule has 0 spiro atoms. The van der Waals surface area contributed by atoms with Crippen molar-refractivity contribution in [3.8, 4) is 0 Å². The summed E-state index contributed by atoms with van der Waals surface area (Å²) in [5.41, 5.74) is 3.60. The van der Waals surface area contributed by atoms with Crippen LogP contribution in [0.2, 0.25) is 0 Å². The van der Waals surface area contributed by atoms with E-state index in [9.17, 15) is 14.4 Å². The number of carbonyl (C=O) groups is 3. The lowest BCUT2D eigenvalue weighted by Crippen LogP contribution is -2.23. The molecule has 3 rings (SSSR count). The number of carbonyl (C=O) groups excluding carboxylic acids is 3. The largest absolute Gasteiger partial charge is 0.376 e. The van der Waals surface area contributed by atoms with Gasteiger partial charge >= 0.3 is 0 Å². The number of hydrogen-bond acceptors (Lipinski definition) is 4. The summed E-state index contributed by atoms with van der Waals surface area (Å²) in [5.74, 6) is -0.158. The van der Waals surface area contributed by atoms with Gasteiger partial charge in [-0.05, 0) is 68.7 Å². The number of rotatable bonds is 8. The minimum Gasteiger partial charge on any atom is -0.376 e. The summed E-state index contributed by atoms with van der Waals surface area (Å²) >= 11 is 0. The fourth-order valence-electron chi connectivity index (χ4n) is 2.89. The first-order valence-electron chi connectivity index (χ1n) is 9.80. The third kappa shape index (κ3) is 5.57. The van der Waals surface area contributed by atoms with Crippen molar-refractivity contribution in [2.45, 2.75) is 26.7 Å². The molecule has 0 bridgehead atoms. The summed E-state index contributed by atoms with van der Waals surface area (Å²) < 4.78 is 0. The zero-order valence-electron chi connectivity index (χ0n) is 16.7. The Bertz CT molecular complexity index is 905. The molecule has 0 unspecified atom stereocenters. The van der Waals surface area contributed by atoms with Gasteiger partial charge in [0, 0.05) is 35.1 Å². The molecule has 1 aliphatic carbocycles. The summed E-state index contributed by atoms with van der Waals surface area (Å²) in [6.07, 6.45) is 1.90. The first kappa shape index (κ1) is 20.4. The third-order valence-corrected chi connectivity index (χ3v) is 4.75. The maximum absolute atomic E-state index is 12.3. The summed E-state index contributed by atoms with van der Waals surface area (Å²) in [4.78, 5) is 36.0. The van der Waals surface area contributed by atoms with Crippen molar-refractivity contribution in [2.24, 2.45) is 5.92 Å². The van der Waals surface area contributed by atoms with Crippen molar-refractivity contribution in [2.75, 3.05) is 29.0 Å². The SMILES string of the molecule is CCNC(=O)c1ccc(NC(=O)CNc2cccc(NC(=O)C3CC3)c2C)cc1. The average Bonchev–Trinajstić information content (AvgIpc) is 3.55. The number of nitrogens with one attached hydrogen (secondary N) is 4. The molecular weight excluding hydrogens is 368 g/mol. The quantitative estimate of drug-likeness (QED) is 0.553. The zero-order chi connectivity index (χ0) is 20.8. The van der Waals surface area contributed by atoms with Gasteiger partial charge in [-0.1, -0.05) is 6.07 Å². The van der Waals surface area contributed by atoms with Crippen LogP contribution in [0.3, 0.4) is 0 Å². The van der Waals surface area contributed by atoms with Gasteiger partial charge in [0.15, 0.2) is 0 Å². The molecule has 0 heterocycles. The predicted octanol–water partition coefficient (Wildman–Crippen LogP) is 3.14. The van der Waals surface area contributed by atoms with Crippen LogP contribution in [0.5, 0.6) is 0 Å². The van der Waals surface area contributed by atoms with Gasteiger partial charge in [0.1, 0.15) is 0 Å². The van der Waals surface area contributed by atoms with Gasteiger partial charge in [0.25, 0.3) is 5.91 Å². The predicted molar refractivity (Wildman–Crippen MR) is 114 cm³/mol. The highest BCUT2D eigenvalue weighted by atomic mass is 16.2. The molecule has 152 valence electrons. The molecule has 2 aromatic carbocycles. The lowest BCUT2D eigenvalue weighted by molar-refractivity contribution is -0.117. The van der Waals surface area contributed by atoms with Crippen LogP contribution >= 0.6 is 0 Å². The summed E-state index contributed by atoms with van der Waals surface area (Å²) in [6, 6.07) is 12.3. The van der Waals surface area contributed by atoms with Crippen LogP contribution < -0.4 is 21.3 Å². The summed E-state index contributed by atoms with van der Waals surface area (Å²) in [6.45, 7) is 4.41. The van der Waals surface area contributed by atoms with Crippen LogP contribution in [0.4, 0.5) is 17.1 Å². The number of hydrogen-bond donors (Lipinski definition) is 4. The Morgan fingerprint density at radius 2 is 1.66 bits per heavy atom. The fraction of sp³-hybridized carbons (Fsp3) is 0.318. The monoisotopic (exact) mass is 394 g/mol. The topological polar surface area (TPSA) is 99.3 Å². The standard InChI is InChI=1S/C22H26N4O3/c1-3-23-21(28)15-9-11-17(12-10-15)25-20(27)13-24-18-5-4-6-19(14(18)2)26-22(29)16-7-8-16/h4-6,9-12,16,24H,3,7-8,13H2,1-2H3,(H,23,28)(H,25,27)(H,26,29). The maximum Gasteiger partial charge on any atom is 0.251 e. The Morgan fingerprint density at radius 1 is 0.966 bits per heavy atom. The van der Waals surface area contributed by atoms with Crippen LogP contribution in [-0.2, 0) is 9.59 Å². The molecule has 0 atom stereocenters. The average molecular weight is 394 g/mol. The number of amides is 3. The van der Waals surface area contributed by atoms with Crippen LogP contribution in [0.1, 0.15) is 35.7 Å². The fourth-order valence-corrected chi connectivity index (χ4v) is 2.89. The first-order valence-corrected chi connectivity index (χ1v) is 9.80. The highest BCUT2D eigenvalue weighted by molar-refractivity contribution is 5.97. The van der Waals surface area contributed by atoms with E-state index in [2.05, 4.69) is 21.3 Å². The molecule has 7 nitrogen and oxygen atoms in total. The van der Waals surface area contributed by atoms with Gasteiger partial charge in [0.2, 0.25) is 11.8 Å². The molecule has 1 fully saturated rings. The van der Waals surface area contributed by atoms with Crippen LogP contribution in [0.15, 0.2) is 42.5 Å². The lowest BCUT2D eigenvalue weighted by Gasteiger charge is -2.14. The van der Waals surface area contributed by atoms with E-state index in [1.54, 1.807) is 24.3 Å². The molecule has 0 saturated heterocycles. The van der Waals surface area contributed by atoms with E-state index in [-0.39, 0.29) is 30.2 Å². The smallest absolute Gasteiger partial charge is 0.251 e. The van der Waals surface area contributed by atoms with Gasteiger partial charge in [-0.25, -0.2) is 0 Å². The molecule has 0 aliphatic heterocycles. The second kappa shape index (κ2) is 9.23. The normalized spacial score (nSPS) is 12.8. The van der Waals surface area contributed by atoms with Crippen molar-refractivity contribution in [3.63, 3.8) is 0 Å². The minimum absolute atomic E-state index is 0.0547. The van der Waals surface area contributed by atoms with Gasteiger partial charge in [-0.15, -0.1) is 0 Å². The summed E-state index contributed by atoms with van der Waals surface area (Å²) in [7, 11) is 0. The molecule has 7 heteroatoms. The number of anilines is 3. The molecule has 29 heavy (non-hydrogen) atoms. The van der Waals surface area contributed by atoms with Crippen molar-refractivity contribution >= 4 is 34.8 Å². The maximum atomic E-state index is 12.3. The molecule has 2 aromatic rings. The van der Waals surface area contributed by atoms with Crippen molar-refractivity contribution < 1.29 is 14.4 Å². The van der Waals surface area contributed by atoms with E-state index < -0.39 is 0 Å². The summed E-state index contributed by atoms with van der Waals surface area (Å²) in [5, 5.41) is 11.6. The molecule has 3 amide bonds. The first-order chi connectivity index (χ1) is 14.0. The Labute approximate surface area is 170 Å². The Kier molecular flexibility index (Phi) is 6.49. The molecule has 0 aromatic heterocycles. The van der Waals surface area contributed by atoms with Gasteiger partial charge in [-0.2, -0.15) is 0 Å². The second-order valence-electron chi connectivity index (χ2n) is 7.08. The highest BCUT2D eigenvalue weighted by Gasteiger charge is 2.29. The van der Waals surface area contributed by atoms with Gasteiger partial charge in [0.05, 0.1) is 6.54 Å². The minimum atomic E-state index is -0.206. The third-order valence-electron chi connectivity index (χ3n) is 4.75. The van der Waals surface area contributed by atoms with Gasteiger partial charge < -0.3 is 21.3 Å². The van der Waals surface area contributed by atoms with Crippen LogP contribution in [0, 0.1) is 12.8 Å². The molecule has 4 N–H and O–H groups in total. The molecule has 1 aliphatic rings. The van der Waals surface area contributed by atoms with E-state index in [1.807, 2.05) is 32.0 Å². The Hall–Kier alpha value is -3.35. The van der Waals surface area contributed by atoms with E-state index in [1.165, 1.54) is 0 Å². The van der Waals surface area contributed by atoms with Crippen molar-refractivity contribution in [3.05, 3.63) is 53.6 Å². The van der Waals surface area contributed by atoms with Gasteiger partial charge in [-0.3, -0.25) is 14.4 Å². The van der Waals surface area contributed by atoms with Crippen molar-refractivity contribution in [1.82, 2.24) is 5.32 Å². The van der Waals surface area contributed by atoms with E-state index in [0.29, 0.717) is 17.8 Å². The number of benzene rings is 2. The molecule has 1 saturated carbocycles. The van der Waals surface area contributed by atoms with E-state index in [4.69, 9.17) is 0 Å². The Morgan fingerprint density at radius 3 is 2.31 bits per heavy atom. The second-order valence-corrected chi connectivity index (χ2v) is 7.08. The van der Waals surface area contributed by atoms with Crippen LogP contribution in [-0.4, -0.2) is 30.8 Å². The zero-order valence-corrected chi connectivity index (χ0v) is 16.7. The van der Waals surface area contributed by atoms with E-state index in [0.717, 1.165) is 29.8 Å². The van der Waals surface area contributed by atoms with Crippen LogP contribution in [0.25, 0.3) is 0 Å². The lowest BCUT2D eigenvalue weighted by atomic mass is 10.1. The van der Waals surface area contributed by atoms with E-state index >= 15 is 0 Å². The highest BCUT2D eigenvalue weighted by Crippen LogP contribution is 2.31. The van der Waals surface area contributed by atoms with Crippen molar-refractivity contribution in [1.29, 1.82) is 0 Å². The molecular formula is C22H26N4O3. The Balaban J connectivity index is 1.54.